The number of esters is 1. The van der Waals surface area contributed by atoms with E-state index in [4.69, 9.17) is 14.2 Å². The van der Waals surface area contributed by atoms with Crippen LogP contribution in [0.1, 0.15) is 57.0 Å². The fraction of sp³-hybridized carbons (Fsp3) is 0.393. The van der Waals surface area contributed by atoms with Gasteiger partial charge in [-0.2, -0.15) is 0 Å². The van der Waals surface area contributed by atoms with Gasteiger partial charge in [0.2, 0.25) is 0 Å². The molecule has 9 heteroatoms. The van der Waals surface area contributed by atoms with Gasteiger partial charge in [-0.05, 0) is 54.5 Å². The largest absolute Gasteiger partial charge is 0.493 e. The van der Waals surface area contributed by atoms with E-state index in [9.17, 15) is 9.59 Å². The second kappa shape index (κ2) is 11.9. The topological polar surface area (TPSA) is 79.1 Å². The SMILES string of the molecule is CCCCOc1ccc(/C=c2/sc3n(c2=O)C(c2cccs2)C(C(=O)OCC(C)C)=C(C)N=3)cc1OC. The third-order valence-corrected chi connectivity index (χ3v) is 7.75. The zero-order valence-corrected chi connectivity index (χ0v) is 23.4. The molecule has 1 aliphatic rings. The van der Waals surface area contributed by atoms with Crippen LogP contribution < -0.4 is 24.4 Å². The van der Waals surface area contributed by atoms with Crippen LogP contribution in [-0.2, 0) is 9.53 Å². The van der Waals surface area contributed by atoms with E-state index in [0.717, 1.165) is 23.3 Å². The van der Waals surface area contributed by atoms with Crippen LogP contribution in [0, 0.1) is 5.92 Å². The number of fused-ring (bicyclic) bond motifs is 1. The first-order valence-electron chi connectivity index (χ1n) is 12.4. The second-order valence-electron chi connectivity index (χ2n) is 9.20. The van der Waals surface area contributed by atoms with Gasteiger partial charge in [0.25, 0.3) is 5.56 Å². The molecule has 0 radical (unpaired) electrons. The van der Waals surface area contributed by atoms with Gasteiger partial charge in [0.1, 0.15) is 6.04 Å². The lowest BCUT2D eigenvalue weighted by molar-refractivity contribution is -0.140. The van der Waals surface area contributed by atoms with E-state index < -0.39 is 12.0 Å². The third kappa shape index (κ3) is 5.88. The van der Waals surface area contributed by atoms with Crippen molar-refractivity contribution >= 4 is 34.7 Å². The Hall–Kier alpha value is -3.17. The summed E-state index contributed by atoms with van der Waals surface area (Å²) >= 11 is 2.80. The Morgan fingerprint density at radius 3 is 2.73 bits per heavy atom. The van der Waals surface area contributed by atoms with Crippen LogP contribution in [0.15, 0.2) is 56.8 Å². The molecule has 0 amide bonds. The normalized spacial score (nSPS) is 15.5. The minimum absolute atomic E-state index is 0.201. The molecule has 0 N–H and O–H groups in total. The molecule has 1 atom stereocenters. The Morgan fingerprint density at radius 1 is 1.24 bits per heavy atom. The molecule has 2 aromatic heterocycles. The van der Waals surface area contributed by atoms with Crippen LogP contribution in [-0.4, -0.2) is 30.9 Å². The predicted molar refractivity (Wildman–Crippen MR) is 147 cm³/mol. The molecule has 37 heavy (non-hydrogen) atoms. The van der Waals surface area contributed by atoms with Crippen molar-refractivity contribution in [2.24, 2.45) is 10.9 Å². The third-order valence-electron chi connectivity index (χ3n) is 5.84. The Bertz CT molecular complexity index is 1460. The monoisotopic (exact) mass is 540 g/mol. The predicted octanol–water partition coefficient (Wildman–Crippen LogP) is 4.68. The molecule has 0 saturated carbocycles. The molecule has 0 aliphatic carbocycles. The van der Waals surface area contributed by atoms with Gasteiger partial charge in [-0.3, -0.25) is 9.36 Å². The van der Waals surface area contributed by atoms with E-state index >= 15 is 0 Å². The van der Waals surface area contributed by atoms with E-state index in [1.807, 2.05) is 55.6 Å². The highest BCUT2D eigenvalue weighted by Gasteiger charge is 2.34. The van der Waals surface area contributed by atoms with Gasteiger partial charge >= 0.3 is 5.97 Å². The van der Waals surface area contributed by atoms with Crippen molar-refractivity contribution in [3.8, 4) is 11.5 Å². The number of hydrogen-bond donors (Lipinski definition) is 0. The van der Waals surface area contributed by atoms with Gasteiger partial charge < -0.3 is 14.2 Å². The standard InChI is InChI=1S/C28H32N2O5S2/c1-6-7-12-34-20-11-10-19(14-21(20)33-5)15-23-26(31)30-25(22-9-8-13-36-22)24(18(4)29-28(30)37-23)27(32)35-16-17(2)3/h8-11,13-15,17,25H,6-7,12,16H2,1-5H3/b23-15+. The van der Waals surface area contributed by atoms with Crippen molar-refractivity contribution in [1.29, 1.82) is 0 Å². The first-order valence-corrected chi connectivity index (χ1v) is 14.1. The lowest BCUT2D eigenvalue weighted by Crippen LogP contribution is -2.39. The summed E-state index contributed by atoms with van der Waals surface area (Å²) in [5, 5.41) is 1.94. The van der Waals surface area contributed by atoms with E-state index in [2.05, 4.69) is 11.9 Å². The number of rotatable bonds is 10. The van der Waals surface area contributed by atoms with Gasteiger partial charge in [0, 0.05) is 4.88 Å². The summed E-state index contributed by atoms with van der Waals surface area (Å²) in [6.07, 6.45) is 3.83. The maximum Gasteiger partial charge on any atom is 0.338 e. The highest BCUT2D eigenvalue weighted by Crippen LogP contribution is 2.33. The minimum atomic E-state index is -0.582. The highest BCUT2D eigenvalue weighted by molar-refractivity contribution is 7.10. The van der Waals surface area contributed by atoms with Crippen molar-refractivity contribution in [3.63, 3.8) is 0 Å². The molecule has 0 saturated heterocycles. The molecule has 4 rings (SSSR count). The number of allylic oxidation sites excluding steroid dienone is 1. The van der Waals surface area contributed by atoms with Gasteiger partial charge in [-0.25, -0.2) is 9.79 Å². The van der Waals surface area contributed by atoms with Crippen LogP contribution in [0.25, 0.3) is 6.08 Å². The molecular formula is C28H32N2O5S2. The number of thiophene rings is 1. The van der Waals surface area contributed by atoms with E-state index in [0.29, 0.717) is 45.3 Å². The second-order valence-corrected chi connectivity index (χ2v) is 11.2. The van der Waals surface area contributed by atoms with Crippen LogP contribution in [0.5, 0.6) is 11.5 Å². The summed E-state index contributed by atoms with van der Waals surface area (Å²) < 4.78 is 19.1. The fourth-order valence-electron chi connectivity index (χ4n) is 3.99. The zero-order valence-electron chi connectivity index (χ0n) is 21.8. The first kappa shape index (κ1) is 26.9. The van der Waals surface area contributed by atoms with Gasteiger partial charge in [-0.1, -0.05) is 50.7 Å². The summed E-state index contributed by atoms with van der Waals surface area (Å²) in [5.41, 5.74) is 1.57. The molecule has 3 heterocycles. The van der Waals surface area contributed by atoms with Gasteiger partial charge in [0.15, 0.2) is 16.3 Å². The molecule has 0 spiro atoms. The Labute approximate surface area is 224 Å². The average molecular weight is 541 g/mol. The molecule has 1 unspecified atom stereocenters. The van der Waals surface area contributed by atoms with E-state index in [-0.39, 0.29) is 11.5 Å². The highest BCUT2D eigenvalue weighted by atomic mass is 32.1. The molecule has 1 aliphatic heterocycles. The lowest BCUT2D eigenvalue weighted by Gasteiger charge is -2.23. The number of hydrogen-bond acceptors (Lipinski definition) is 8. The summed E-state index contributed by atoms with van der Waals surface area (Å²) in [5.74, 6) is 1.05. The maximum absolute atomic E-state index is 13.7. The summed E-state index contributed by atoms with van der Waals surface area (Å²) in [6.45, 7) is 8.80. The molecule has 1 aromatic carbocycles. The van der Waals surface area contributed by atoms with E-state index in [1.54, 1.807) is 18.6 Å². The van der Waals surface area contributed by atoms with Crippen molar-refractivity contribution in [2.45, 2.75) is 46.6 Å². The number of carbonyl (C=O) groups is 1. The molecule has 7 nitrogen and oxygen atoms in total. The van der Waals surface area contributed by atoms with E-state index in [1.165, 1.54) is 22.7 Å². The van der Waals surface area contributed by atoms with Crippen molar-refractivity contribution in [1.82, 2.24) is 4.57 Å². The molecule has 0 fully saturated rings. The smallest absolute Gasteiger partial charge is 0.338 e. The zero-order chi connectivity index (χ0) is 26.5. The Kier molecular flexibility index (Phi) is 8.66. The maximum atomic E-state index is 13.7. The van der Waals surface area contributed by atoms with Crippen LogP contribution in [0.2, 0.25) is 0 Å². The average Bonchev–Trinajstić information content (AvgIpc) is 3.51. The number of methoxy groups -OCH3 is 1. The summed E-state index contributed by atoms with van der Waals surface area (Å²) in [4.78, 5) is 33.0. The number of nitrogens with zero attached hydrogens (tertiary/aromatic N) is 2. The number of aromatic nitrogens is 1. The van der Waals surface area contributed by atoms with Gasteiger partial charge in [-0.15, -0.1) is 11.3 Å². The molecule has 3 aromatic rings. The quantitative estimate of drug-likeness (QED) is 0.276. The van der Waals surface area contributed by atoms with Crippen molar-refractivity contribution in [3.05, 3.63) is 77.1 Å². The summed E-state index contributed by atoms with van der Waals surface area (Å²) in [6, 6.07) is 8.89. The van der Waals surface area contributed by atoms with Crippen LogP contribution in [0.3, 0.4) is 0 Å². The lowest BCUT2D eigenvalue weighted by atomic mass is 10.0. The van der Waals surface area contributed by atoms with Crippen molar-refractivity contribution in [2.75, 3.05) is 20.3 Å². The number of benzene rings is 1. The number of carbonyl (C=O) groups excluding carboxylic acids is 1. The Balaban J connectivity index is 1.77. The first-order chi connectivity index (χ1) is 17.8. The number of unbranched alkanes of at least 4 members (excludes halogenated alkanes) is 1. The fourth-order valence-corrected chi connectivity index (χ4v) is 5.86. The molecule has 0 bridgehead atoms. The van der Waals surface area contributed by atoms with Crippen LogP contribution in [0.4, 0.5) is 0 Å². The summed E-state index contributed by atoms with van der Waals surface area (Å²) in [7, 11) is 1.60. The van der Waals surface area contributed by atoms with Crippen molar-refractivity contribution < 1.29 is 19.0 Å². The molecule has 196 valence electrons. The number of ether oxygens (including phenoxy) is 3. The number of thiazole rings is 1. The van der Waals surface area contributed by atoms with Gasteiger partial charge in [0.05, 0.1) is 36.1 Å². The minimum Gasteiger partial charge on any atom is -0.493 e. The molecular weight excluding hydrogens is 508 g/mol. The van der Waals surface area contributed by atoms with Crippen LogP contribution >= 0.6 is 22.7 Å². The Morgan fingerprint density at radius 2 is 2.05 bits per heavy atom.